The molecule has 2 N–H and O–H groups in total. The third-order valence-corrected chi connectivity index (χ3v) is 3.89. The van der Waals surface area contributed by atoms with Gasteiger partial charge < -0.3 is 15.2 Å². The summed E-state index contributed by atoms with van der Waals surface area (Å²) in [5.41, 5.74) is 1.27. The lowest BCUT2D eigenvalue weighted by atomic mass is 9.87. The standard InChI is InChI=1S/C14H19NO2/c16-12-3-4-13-10(5-7-17-14(13)9-12)8-11-2-1-6-15-11/h3-4,9-11,15-16H,1-2,5-8H2. The van der Waals surface area contributed by atoms with Crippen molar-refractivity contribution in [3.05, 3.63) is 23.8 Å². The van der Waals surface area contributed by atoms with Crippen molar-refractivity contribution in [2.24, 2.45) is 0 Å². The molecule has 0 spiro atoms. The summed E-state index contributed by atoms with van der Waals surface area (Å²) in [7, 11) is 0. The fourth-order valence-electron chi connectivity index (χ4n) is 3.00. The zero-order chi connectivity index (χ0) is 11.7. The monoisotopic (exact) mass is 233 g/mol. The molecule has 1 saturated heterocycles. The second-order valence-corrected chi connectivity index (χ2v) is 5.09. The van der Waals surface area contributed by atoms with Crippen molar-refractivity contribution in [1.82, 2.24) is 5.32 Å². The number of ether oxygens (including phenoxy) is 1. The highest BCUT2D eigenvalue weighted by Crippen LogP contribution is 2.38. The van der Waals surface area contributed by atoms with Crippen LogP contribution >= 0.6 is 0 Å². The zero-order valence-corrected chi connectivity index (χ0v) is 9.98. The van der Waals surface area contributed by atoms with Gasteiger partial charge in [-0.15, -0.1) is 0 Å². The molecule has 2 unspecified atom stereocenters. The molecule has 0 amide bonds. The Balaban J connectivity index is 1.78. The van der Waals surface area contributed by atoms with E-state index in [4.69, 9.17) is 4.74 Å². The second kappa shape index (κ2) is 4.57. The summed E-state index contributed by atoms with van der Waals surface area (Å²) in [6.07, 6.45) is 4.89. The SMILES string of the molecule is Oc1ccc2c(c1)OCCC2CC1CCCN1. The van der Waals surface area contributed by atoms with Crippen molar-refractivity contribution in [2.75, 3.05) is 13.2 Å². The summed E-state index contributed by atoms with van der Waals surface area (Å²) >= 11 is 0. The number of hydrogen-bond donors (Lipinski definition) is 2. The number of nitrogens with one attached hydrogen (secondary N) is 1. The first-order valence-electron chi connectivity index (χ1n) is 6.52. The molecular formula is C14H19NO2. The van der Waals surface area contributed by atoms with Gasteiger partial charge >= 0.3 is 0 Å². The van der Waals surface area contributed by atoms with Crippen molar-refractivity contribution in [3.8, 4) is 11.5 Å². The molecule has 92 valence electrons. The summed E-state index contributed by atoms with van der Waals surface area (Å²) in [6, 6.07) is 6.19. The molecule has 3 heteroatoms. The van der Waals surface area contributed by atoms with E-state index in [2.05, 4.69) is 5.32 Å². The zero-order valence-electron chi connectivity index (χ0n) is 9.98. The van der Waals surface area contributed by atoms with E-state index in [1.807, 2.05) is 6.07 Å². The number of rotatable bonds is 2. The summed E-state index contributed by atoms with van der Waals surface area (Å²) < 4.78 is 5.62. The van der Waals surface area contributed by atoms with Crippen LogP contribution < -0.4 is 10.1 Å². The molecule has 17 heavy (non-hydrogen) atoms. The molecule has 3 rings (SSSR count). The first-order chi connectivity index (χ1) is 8.33. The molecule has 0 radical (unpaired) electrons. The Hall–Kier alpha value is -1.22. The number of benzene rings is 1. The minimum Gasteiger partial charge on any atom is -0.508 e. The third-order valence-electron chi connectivity index (χ3n) is 3.89. The Morgan fingerprint density at radius 2 is 2.29 bits per heavy atom. The van der Waals surface area contributed by atoms with Crippen LogP contribution in [0.3, 0.4) is 0 Å². The van der Waals surface area contributed by atoms with E-state index in [9.17, 15) is 5.11 Å². The lowest BCUT2D eigenvalue weighted by Crippen LogP contribution is -2.26. The molecule has 0 saturated carbocycles. The van der Waals surface area contributed by atoms with Crippen LogP contribution in [0, 0.1) is 0 Å². The maximum Gasteiger partial charge on any atom is 0.126 e. The smallest absolute Gasteiger partial charge is 0.126 e. The van der Waals surface area contributed by atoms with E-state index >= 15 is 0 Å². The van der Waals surface area contributed by atoms with Crippen molar-refractivity contribution < 1.29 is 9.84 Å². The molecule has 1 fully saturated rings. The van der Waals surface area contributed by atoms with Gasteiger partial charge in [0.05, 0.1) is 6.61 Å². The third kappa shape index (κ3) is 2.25. The van der Waals surface area contributed by atoms with Gasteiger partial charge in [0.1, 0.15) is 11.5 Å². The molecular weight excluding hydrogens is 214 g/mol. The van der Waals surface area contributed by atoms with Crippen LogP contribution in [0.4, 0.5) is 0 Å². The minimum atomic E-state index is 0.295. The van der Waals surface area contributed by atoms with Crippen LogP contribution in [0.25, 0.3) is 0 Å². The minimum absolute atomic E-state index is 0.295. The van der Waals surface area contributed by atoms with Gasteiger partial charge in [-0.05, 0) is 49.8 Å². The van der Waals surface area contributed by atoms with Crippen molar-refractivity contribution in [2.45, 2.75) is 37.6 Å². The van der Waals surface area contributed by atoms with Crippen molar-refractivity contribution in [1.29, 1.82) is 0 Å². The van der Waals surface area contributed by atoms with Gasteiger partial charge in [0, 0.05) is 12.1 Å². The Labute approximate surface area is 102 Å². The van der Waals surface area contributed by atoms with Gasteiger partial charge in [-0.25, -0.2) is 0 Å². The van der Waals surface area contributed by atoms with Crippen LogP contribution in [0.1, 0.15) is 37.2 Å². The number of phenols is 1. The number of aromatic hydroxyl groups is 1. The van der Waals surface area contributed by atoms with E-state index in [-0.39, 0.29) is 0 Å². The van der Waals surface area contributed by atoms with Crippen LogP contribution in [0.5, 0.6) is 11.5 Å². The summed E-state index contributed by atoms with van der Waals surface area (Å²) in [5.74, 6) is 1.75. The van der Waals surface area contributed by atoms with Gasteiger partial charge in [0.25, 0.3) is 0 Å². The fraction of sp³-hybridized carbons (Fsp3) is 0.571. The quantitative estimate of drug-likeness (QED) is 0.824. The Kier molecular flexibility index (Phi) is 2.93. The fourth-order valence-corrected chi connectivity index (χ4v) is 3.00. The van der Waals surface area contributed by atoms with E-state index in [0.29, 0.717) is 17.7 Å². The van der Waals surface area contributed by atoms with E-state index in [1.165, 1.54) is 24.8 Å². The Morgan fingerprint density at radius 1 is 1.35 bits per heavy atom. The highest BCUT2D eigenvalue weighted by molar-refractivity contribution is 5.43. The molecule has 2 heterocycles. The highest BCUT2D eigenvalue weighted by Gasteiger charge is 2.26. The normalized spacial score (nSPS) is 27.5. The maximum atomic E-state index is 9.47. The predicted molar refractivity (Wildman–Crippen MR) is 66.6 cm³/mol. The van der Waals surface area contributed by atoms with Gasteiger partial charge in [0.2, 0.25) is 0 Å². The molecule has 3 nitrogen and oxygen atoms in total. The van der Waals surface area contributed by atoms with Gasteiger partial charge in [0.15, 0.2) is 0 Å². The summed E-state index contributed by atoms with van der Waals surface area (Å²) in [5, 5.41) is 13.0. The first kappa shape index (κ1) is 10.9. The highest BCUT2D eigenvalue weighted by atomic mass is 16.5. The number of fused-ring (bicyclic) bond motifs is 1. The second-order valence-electron chi connectivity index (χ2n) is 5.09. The van der Waals surface area contributed by atoms with Crippen molar-refractivity contribution >= 4 is 0 Å². The molecule has 2 atom stereocenters. The van der Waals surface area contributed by atoms with Crippen molar-refractivity contribution in [3.63, 3.8) is 0 Å². The maximum absolute atomic E-state index is 9.47. The molecule has 0 aliphatic carbocycles. The van der Waals surface area contributed by atoms with Crippen LogP contribution in [0.2, 0.25) is 0 Å². The number of hydrogen-bond acceptors (Lipinski definition) is 3. The average molecular weight is 233 g/mol. The van der Waals surface area contributed by atoms with E-state index in [1.54, 1.807) is 12.1 Å². The molecule has 2 aliphatic rings. The van der Waals surface area contributed by atoms with E-state index < -0.39 is 0 Å². The van der Waals surface area contributed by atoms with Gasteiger partial charge in [-0.1, -0.05) is 6.07 Å². The van der Waals surface area contributed by atoms with E-state index in [0.717, 1.165) is 25.3 Å². The lowest BCUT2D eigenvalue weighted by Gasteiger charge is -2.28. The molecule has 0 bridgehead atoms. The Bertz CT molecular complexity index is 399. The van der Waals surface area contributed by atoms with Gasteiger partial charge in [-0.2, -0.15) is 0 Å². The molecule has 1 aromatic rings. The largest absolute Gasteiger partial charge is 0.508 e. The first-order valence-corrected chi connectivity index (χ1v) is 6.52. The molecule has 0 aromatic heterocycles. The topological polar surface area (TPSA) is 41.5 Å². The summed E-state index contributed by atoms with van der Waals surface area (Å²) in [4.78, 5) is 0. The Morgan fingerprint density at radius 3 is 3.12 bits per heavy atom. The number of phenolic OH excluding ortho intramolecular Hbond substituents is 1. The molecule has 1 aromatic carbocycles. The lowest BCUT2D eigenvalue weighted by molar-refractivity contribution is 0.256. The molecule has 2 aliphatic heterocycles. The van der Waals surface area contributed by atoms with Gasteiger partial charge in [-0.3, -0.25) is 0 Å². The predicted octanol–water partition coefficient (Wildman–Crippen LogP) is 2.40. The van der Waals surface area contributed by atoms with Crippen LogP contribution in [-0.2, 0) is 0 Å². The van der Waals surface area contributed by atoms with Crippen LogP contribution in [0.15, 0.2) is 18.2 Å². The average Bonchev–Trinajstić information content (AvgIpc) is 2.82. The summed E-state index contributed by atoms with van der Waals surface area (Å²) in [6.45, 7) is 1.93. The van der Waals surface area contributed by atoms with Crippen LogP contribution in [-0.4, -0.2) is 24.3 Å².